The van der Waals surface area contributed by atoms with Crippen molar-refractivity contribution in [2.24, 2.45) is 0 Å². The van der Waals surface area contributed by atoms with Crippen molar-refractivity contribution in [2.75, 3.05) is 13.1 Å². The summed E-state index contributed by atoms with van der Waals surface area (Å²) < 4.78 is 0. The van der Waals surface area contributed by atoms with Gasteiger partial charge in [0.05, 0.1) is 13.0 Å². The average Bonchev–Trinajstić information content (AvgIpc) is 2.36. The second kappa shape index (κ2) is 7.12. The van der Waals surface area contributed by atoms with E-state index in [0.29, 0.717) is 10.6 Å². The van der Waals surface area contributed by atoms with E-state index < -0.39 is 17.6 Å². The first-order valence-corrected chi connectivity index (χ1v) is 6.41. The number of hydrogen-bond donors (Lipinski definition) is 4. The van der Waals surface area contributed by atoms with Crippen LogP contribution in [0.25, 0.3) is 0 Å². The maximum Gasteiger partial charge on any atom is 0.314 e. The number of carboxylic acids is 1. The van der Waals surface area contributed by atoms with Gasteiger partial charge in [0, 0.05) is 17.1 Å². The summed E-state index contributed by atoms with van der Waals surface area (Å²) in [7, 11) is 0. The van der Waals surface area contributed by atoms with Gasteiger partial charge >= 0.3 is 12.0 Å². The summed E-state index contributed by atoms with van der Waals surface area (Å²) in [4.78, 5) is 21.7. The van der Waals surface area contributed by atoms with E-state index in [9.17, 15) is 14.7 Å². The Morgan fingerprint density at radius 2 is 1.95 bits per heavy atom. The van der Waals surface area contributed by atoms with Crippen LogP contribution >= 0.6 is 11.6 Å². The number of amides is 2. The molecular weight excluding hydrogens is 284 g/mol. The van der Waals surface area contributed by atoms with Crippen LogP contribution < -0.4 is 10.6 Å². The Bertz CT molecular complexity index is 491. The lowest BCUT2D eigenvalue weighted by molar-refractivity contribution is -0.136. The van der Waals surface area contributed by atoms with Gasteiger partial charge in [0.25, 0.3) is 0 Å². The molecule has 0 saturated carbocycles. The highest BCUT2D eigenvalue weighted by Gasteiger charge is 2.25. The highest BCUT2D eigenvalue weighted by atomic mass is 35.5. The highest BCUT2D eigenvalue weighted by Crippen LogP contribution is 2.26. The summed E-state index contributed by atoms with van der Waals surface area (Å²) in [5.41, 5.74) is -0.810. The van der Waals surface area contributed by atoms with Crippen LogP contribution in [0.1, 0.15) is 18.9 Å². The predicted molar refractivity (Wildman–Crippen MR) is 74.7 cm³/mol. The van der Waals surface area contributed by atoms with Crippen molar-refractivity contribution >= 4 is 23.6 Å². The van der Waals surface area contributed by atoms with Crippen LogP contribution in [0.4, 0.5) is 4.79 Å². The molecule has 0 spiro atoms. The fourth-order valence-corrected chi connectivity index (χ4v) is 1.93. The Hall–Kier alpha value is -1.79. The van der Waals surface area contributed by atoms with Gasteiger partial charge in [0.1, 0.15) is 5.60 Å². The molecule has 0 aliphatic carbocycles. The molecular formula is C13H17ClN2O4. The van der Waals surface area contributed by atoms with Gasteiger partial charge in [0.15, 0.2) is 0 Å². The normalized spacial score (nSPS) is 13.3. The first kappa shape index (κ1) is 16.3. The van der Waals surface area contributed by atoms with E-state index >= 15 is 0 Å². The first-order valence-electron chi connectivity index (χ1n) is 6.04. The third kappa shape index (κ3) is 5.07. The molecule has 110 valence electrons. The van der Waals surface area contributed by atoms with E-state index in [1.165, 1.54) is 6.92 Å². The molecule has 0 saturated heterocycles. The van der Waals surface area contributed by atoms with Crippen molar-refractivity contribution in [3.63, 3.8) is 0 Å². The fourth-order valence-electron chi connectivity index (χ4n) is 1.59. The minimum atomic E-state index is -1.32. The number of benzene rings is 1. The molecule has 0 aliphatic heterocycles. The molecule has 0 heterocycles. The van der Waals surface area contributed by atoms with Crippen LogP contribution in [-0.4, -0.2) is 35.3 Å². The van der Waals surface area contributed by atoms with Crippen LogP contribution in [0.3, 0.4) is 0 Å². The number of aliphatic carboxylic acids is 1. The zero-order valence-corrected chi connectivity index (χ0v) is 11.8. The smallest absolute Gasteiger partial charge is 0.314 e. The quantitative estimate of drug-likeness (QED) is 0.637. The highest BCUT2D eigenvalue weighted by molar-refractivity contribution is 6.31. The van der Waals surface area contributed by atoms with Crippen molar-refractivity contribution in [2.45, 2.75) is 18.9 Å². The monoisotopic (exact) mass is 300 g/mol. The van der Waals surface area contributed by atoms with Gasteiger partial charge in [-0.1, -0.05) is 29.8 Å². The van der Waals surface area contributed by atoms with Crippen molar-refractivity contribution in [1.82, 2.24) is 10.6 Å². The summed E-state index contributed by atoms with van der Waals surface area (Å²) in [5, 5.41) is 24.0. The SMILES string of the molecule is CC(O)(CNC(=O)NCCC(=O)O)c1ccccc1Cl. The van der Waals surface area contributed by atoms with Crippen LogP contribution in [-0.2, 0) is 10.4 Å². The summed E-state index contributed by atoms with van der Waals surface area (Å²) in [6, 6.07) is 6.26. The number of rotatable bonds is 6. The zero-order valence-electron chi connectivity index (χ0n) is 11.0. The lowest BCUT2D eigenvalue weighted by Crippen LogP contribution is -2.44. The molecule has 1 atom stereocenters. The Kier molecular flexibility index (Phi) is 5.79. The largest absolute Gasteiger partial charge is 0.481 e. The van der Waals surface area contributed by atoms with Crippen LogP contribution in [0.2, 0.25) is 5.02 Å². The Morgan fingerprint density at radius 3 is 2.55 bits per heavy atom. The maximum atomic E-state index is 11.4. The summed E-state index contributed by atoms with van der Waals surface area (Å²) in [6.45, 7) is 1.51. The Labute approximate surface area is 121 Å². The van der Waals surface area contributed by atoms with E-state index in [0.717, 1.165) is 0 Å². The summed E-state index contributed by atoms with van der Waals surface area (Å²) in [6.07, 6.45) is -0.158. The third-order valence-corrected chi connectivity index (χ3v) is 3.00. The number of hydrogen-bond acceptors (Lipinski definition) is 3. The molecule has 0 radical (unpaired) electrons. The van der Waals surface area contributed by atoms with E-state index in [2.05, 4.69) is 10.6 Å². The molecule has 0 aromatic heterocycles. The van der Waals surface area contributed by atoms with Crippen molar-refractivity contribution in [3.8, 4) is 0 Å². The molecule has 0 bridgehead atoms. The summed E-state index contributed by atoms with van der Waals surface area (Å²) in [5.74, 6) is -0.992. The van der Waals surface area contributed by atoms with Crippen LogP contribution in [0.5, 0.6) is 0 Å². The molecule has 1 aromatic carbocycles. The van der Waals surface area contributed by atoms with Crippen molar-refractivity contribution in [1.29, 1.82) is 0 Å². The zero-order chi connectivity index (χ0) is 15.2. The number of urea groups is 1. The molecule has 2 amide bonds. The predicted octanol–water partition coefficient (Wildman–Crippen LogP) is 1.32. The number of carbonyl (C=O) groups is 2. The van der Waals surface area contributed by atoms with Gasteiger partial charge in [-0.15, -0.1) is 0 Å². The molecule has 1 aromatic rings. The second-order valence-electron chi connectivity index (χ2n) is 4.51. The fraction of sp³-hybridized carbons (Fsp3) is 0.385. The Morgan fingerprint density at radius 1 is 1.30 bits per heavy atom. The maximum absolute atomic E-state index is 11.4. The molecule has 4 N–H and O–H groups in total. The molecule has 7 heteroatoms. The van der Waals surface area contributed by atoms with E-state index in [1.54, 1.807) is 24.3 Å². The van der Waals surface area contributed by atoms with Gasteiger partial charge in [-0.05, 0) is 13.0 Å². The summed E-state index contributed by atoms with van der Waals surface area (Å²) >= 11 is 5.99. The van der Waals surface area contributed by atoms with Gasteiger partial charge in [-0.25, -0.2) is 4.79 Å². The van der Waals surface area contributed by atoms with Gasteiger partial charge < -0.3 is 20.8 Å². The molecule has 1 rings (SSSR count). The van der Waals surface area contributed by atoms with Gasteiger partial charge in [0.2, 0.25) is 0 Å². The number of aliphatic hydroxyl groups is 1. The topological polar surface area (TPSA) is 98.7 Å². The first-order chi connectivity index (χ1) is 9.33. The number of carbonyl (C=O) groups excluding carboxylic acids is 1. The molecule has 6 nitrogen and oxygen atoms in total. The molecule has 0 aliphatic rings. The standard InChI is InChI=1S/C13H17ClN2O4/c1-13(20,9-4-2-3-5-10(9)14)8-16-12(19)15-7-6-11(17)18/h2-5,20H,6-8H2,1H3,(H,17,18)(H2,15,16,19). The van der Waals surface area contributed by atoms with Crippen LogP contribution in [0, 0.1) is 0 Å². The average molecular weight is 301 g/mol. The molecule has 0 fully saturated rings. The lowest BCUT2D eigenvalue weighted by Gasteiger charge is -2.25. The number of nitrogens with one attached hydrogen (secondary N) is 2. The lowest BCUT2D eigenvalue weighted by atomic mass is 9.96. The van der Waals surface area contributed by atoms with Gasteiger partial charge in [-0.3, -0.25) is 4.79 Å². The van der Waals surface area contributed by atoms with Gasteiger partial charge in [-0.2, -0.15) is 0 Å². The van der Waals surface area contributed by atoms with E-state index in [-0.39, 0.29) is 19.5 Å². The Balaban J connectivity index is 2.49. The van der Waals surface area contributed by atoms with E-state index in [1.807, 2.05) is 0 Å². The molecule has 20 heavy (non-hydrogen) atoms. The number of halogens is 1. The second-order valence-corrected chi connectivity index (χ2v) is 4.91. The minimum Gasteiger partial charge on any atom is -0.481 e. The number of carboxylic acid groups (broad SMARTS) is 1. The van der Waals surface area contributed by atoms with E-state index in [4.69, 9.17) is 16.7 Å². The minimum absolute atomic E-state index is 0.0232. The third-order valence-electron chi connectivity index (χ3n) is 2.67. The van der Waals surface area contributed by atoms with Crippen LogP contribution in [0.15, 0.2) is 24.3 Å². The van der Waals surface area contributed by atoms with Crippen molar-refractivity contribution in [3.05, 3.63) is 34.9 Å². The molecule has 1 unspecified atom stereocenters. The van der Waals surface area contributed by atoms with Crippen molar-refractivity contribution < 1.29 is 19.8 Å².